The summed E-state index contributed by atoms with van der Waals surface area (Å²) < 4.78 is 0. The molecular formula is C14H11Cl3O. The van der Waals surface area contributed by atoms with Crippen molar-refractivity contribution in [3.8, 4) is 0 Å². The Bertz CT molecular complexity index is 579. The molecule has 0 heterocycles. The van der Waals surface area contributed by atoms with E-state index in [9.17, 15) is 5.11 Å². The Morgan fingerprint density at radius 3 is 2.06 bits per heavy atom. The van der Waals surface area contributed by atoms with Gasteiger partial charge in [0.1, 0.15) is 5.60 Å². The third-order valence-electron chi connectivity index (χ3n) is 2.87. The van der Waals surface area contributed by atoms with E-state index in [4.69, 9.17) is 34.8 Å². The van der Waals surface area contributed by atoms with Gasteiger partial charge in [-0.05, 0) is 19.1 Å². The van der Waals surface area contributed by atoms with Gasteiger partial charge in [-0.25, -0.2) is 0 Å². The lowest BCUT2D eigenvalue weighted by atomic mass is 9.88. The van der Waals surface area contributed by atoms with E-state index in [-0.39, 0.29) is 0 Å². The van der Waals surface area contributed by atoms with Crippen LogP contribution in [0.25, 0.3) is 0 Å². The van der Waals surface area contributed by atoms with Gasteiger partial charge < -0.3 is 5.11 Å². The molecule has 18 heavy (non-hydrogen) atoms. The number of halogens is 3. The van der Waals surface area contributed by atoms with Crippen molar-refractivity contribution in [3.05, 3.63) is 68.7 Å². The fraction of sp³-hybridized carbons (Fsp3) is 0.143. The Hall–Kier alpha value is -0.730. The van der Waals surface area contributed by atoms with E-state index < -0.39 is 5.60 Å². The maximum absolute atomic E-state index is 10.7. The lowest BCUT2D eigenvalue weighted by Crippen LogP contribution is -2.23. The van der Waals surface area contributed by atoms with Gasteiger partial charge in [0.2, 0.25) is 0 Å². The first-order chi connectivity index (χ1) is 8.44. The van der Waals surface area contributed by atoms with Gasteiger partial charge in [0, 0.05) is 16.1 Å². The SMILES string of the molecule is CC(O)(c1ccccc1Cl)c1cccc(Cl)c1Cl. The van der Waals surface area contributed by atoms with Crippen LogP contribution in [0.15, 0.2) is 42.5 Å². The predicted molar refractivity (Wildman–Crippen MR) is 76.6 cm³/mol. The van der Waals surface area contributed by atoms with Crippen molar-refractivity contribution in [1.82, 2.24) is 0 Å². The molecule has 1 N–H and O–H groups in total. The molecule has 0 fully saturated rings. The van der Waals surface area contributed by atoms with Crippen LogP contribution >= 0.6 is 34.8 Å². The smallest absolute Gasteiger partial charge is 0.115 e. The molecule has 0 aromatic heterocycles. The molecule has 1 unspecified atom stereocenters. The Balaban J connectivity index is 2.62. The largest absolute Gasteiger partial charge is 0.381 e. The number of hydrogen-bond acceptors (Lipinski definition) is 1. The van der Waals surface area contributed by atoms with Crippen molar-refractivity contribution in [2.75, 3.05) is 0 Å². The lowest BCUT2D eigenvalue weighted by molar-refractivity contribution is 0.102. The average Bonchev–Trinajstić information content (AvgIpc) is 2.32. The van der Waals surface area contributed by atoms with Crippen LogP contribution in [0, 0.1) is 0 Å². The molecule has 0 radical (unpaired) electrons. The number of aliphatic hydroxyl groups is 1. The van der Waals surface area contributed by atoms with Crippen molar-refractivity contribution in [1.29, 1.82) is 0 Å². The van der Waals surface area contributed by atoms with E-state index in [1.165, 1.54) is 0 Å². The van der Waals surface area contributed by atoms with Crippen molar-refractivity contribution >= 4 is 34.8 Å². The minimum absolute atomic E-state index is 0.337. The summed E-state index contributed by atoms with van der Waals surface area (Å²) in [6.07, 6.45) is 0. The highest BCUT2D eigenvalue weighted by Gasteiger charge is 2.30. The second kappa shape index (κ2) is 5.10. The maximum atomic E-state index is 10.7. The fourth-order valence-corrected chi connectivity index (χ4v) is 2.69. The topological polar surface area (TPSA) is 20.2 Å². The van der Waals surface area contributed by atoms with Gasteiger partial charge in [-0.2, -0.15) is 0 Å². The van der Waals surface area contributed by atoms with Crippen LogP contribution in [-0.4, -0.2) is 5.11 Å². The molecule has 94 valence electrons. The second-order valence-corrected chi connectivity index (χ2v) is 5.35. The molecule has 1 atom stereocenters. The Kier molecular flexibility index (Phi) is 3.88. The van der Waals surface area contributed by atoms with Gasteiger partial charge in [-0.3, -0.25) is 0 Å². The highest BCUT2D eigenvalue weighted by Crippen LogP contribution is 2.39. The Morgan fingerprint density at radius 2 is 1.39 bits per heavy atom. The molecule has 0 aliphatic rings. The zero-order valence-corrected chi connectivity index (χ0v) is 11.9. The third kappa shape index (κ3) is 2.36. The van der Waals surface area contributed by atoms with Crippen LogP contribution in [0.4, 0.5) is 0 Å². The van der Waals surface area contributed by atoms with Crippen molar-refractivity contribution in [2.24, 2.45) is 0 Å². The number of hydrogen-bond donors (Lipinski definition) is 1. The van der Waals surface area contributed by atoms with Gasteiger partial charge >= 0.3 is 0 Å². The van der Waals surface area contributed by atoms with E-state index in [0.29, 0.717) is 26.2 Å². The van der Waals surface area contributed by atoms with Crippen molar-refractivity contribution < 1.29 is 5.11 Å². The standard InChI is InChI=1S/C14H11Cl3O/c1-14(18,9-5-2-3-7-11(9)15)10-6-4-8-12(16)13(10)17/h2-8,18H,1H3. The number of benzene rings is 2. The monoisotopic (exact) mass is 300 g/mol. The molecule has 0 spiro atoms. The molecule has 1 nitrogen and oxygen atoms in total. The summed E-state index contributed by atoms with van der Waals surface area (Å²) in [5, 5.41) is 11.9. The molecular weight excluding hydrogens is 291 g/mol. The summed E-state index contributed by atoms with van der Waals surface area (Å²) in [5.41, 5.74) is -0.166. The van der Waals surface area contributed by atoms with E-state index in [0.717, 1.165) is 0 Å². The minimum Gasteiger partial charge on any atom is -0.381 e. The highest BCUT2D eigenvalue weighted by molar-refractivity contribution is 6.42. The van der Waals surface area contributed by atoms with E-state index in [1.807, 2.05) is 12.1 Å². The van der Waals surface area contributed by atoms with Gasteiger partial charge in [-0.1, -0.05) is 65.1 Å². The Morgan fingerprint density at radius 1 is 0.833 bits per heavy atom. The summed E-state index contributed by atoms with van der Waals surface area (Å²) in [6, 6.07) is 12.3. The summed E-state index contributed by atoms with van der Waals surface area (Å²) >= 11 is 18.2. The normalized spacial score (nSPS) is 14.3. The maximum Gasteiger partial charge on any atom is 0.115 e. The molecule has 2 rings (SSSR count). The summed E-state index contributed by atoms with van der Waals surface area (Å²) in [4.78, 5) is 0. The second-order valence-electron chi connectivity index (χ2n) is 4.15. The first-order valence-electron chi connectivity index (χ1n) is 5.36. The van der Waals surface area contributed by atoms with Crippen molar-refractivity contribution in [2.45, 2.75) is 12.5 Å². The highest BCUT2D eigenvalue weighted by atomic mass is 35.5. The van der Waals surface area contributed by atoms with Crippen LogP contribution in [0.2, 0.25) is 15.1 Å². The minimum atomic E-state index is -1.29. The quantitative estimate of drug-likeness (QED) is 0.836. The first kappa shape index (κ1) is 13.7. The van der Waals surface area contributed by atoms with E-state index in [1.54, 1.807) is 37.3 Å². The molecule has 0 aliphatic heterocycles. The van der Waals surface area contributed by atoms with Gasteiger partial charge in [0.15, 0.2) is 0 Å². The molecule has 0 aliphatic carbocycles. The molecule has 2 aromatic carbocycles. The number of rotatable bonds is 2. The zero-order valence-electron chi connectivity index (χ0n) is 9.62. The molecule has 4 heteroatoms. The average molecular weight is 302 g/mol. The molecule has 0 bridgehead atoms. The van der Waals surface area contributed by atoms with Gasteiger partial charge in [0.25, 0.3) is 0 Å². The van der Waals surface area contributed by atoms with Crippen LogP contribution in [-0.2, 0) is 5.60 Å². The summed E-state index contributed by atoms with van der Waals surface area (Å²) in [7, 11) is 0. The van der Waals surface area contributed by atoms with Crippen LogP contribution in [0.1, 0.15) is 18.1 Å². The van der Waals surface area contributed by atoms with Crippen molar-refractivity contribution in [3.63, 3.8) is 0 Å². The molecule has 0 saturated carbocycles. The Labute approximate surface area is 121 Å². The fourth-order valence-electron chi connectivity index (χ4n) is 1.88. The predicted octanol–water partition coefficient (Wildman–Crippen LogP) is 4.90. The third-order valence-corrected chi connectivity index (χ3v) is 4.02. The first-order valence-corrected chi connectivity index (χ1v) is 6.50. The zero-order chi connectivity index (χ0) is 13.3. The van der Waals surface area contributed by atoms with Crippen LogP contribution < -0.4 is 0 Å². The van der Waals surface area contributed by atoms with Crippen LogP contribution in [0.5, 0.6) is 0 Å². The summed E-state index contributed by atoms with van der Waals surface area (Å²) in [6.45, 7) is 1.64. The lowest BCUT2D eigenvalue weighted by Gasteiger charge is -2.26. The van der Waals surface area contributed by atoms with Crippen LogP contribution in [0.3, 0.4) is 0 Å². The summed E-state index contributed by atoms with van der Waals surface area (Å²) in [5.74, 6) is 0. The van der Waals surface area contributed by atoms with E-state index in [2.05, 4.69) is 0 Å². The molecule has 0 amide bonds. The molecule has 2 aromatic rings. The van der Waals surface area contributed by atoms with Gasteiger partial charge in [-0.15, -0.1) is 0 Å². The molecule has 0 saturated heterocycles. The van der Waals surface area contributed by atoms with E-state index >= 15 is 0 Å². The van der Waals surface area contributed by atoms with Gasteiger partial charge in [0.05, 0.1) is 10.0 Å².